The van der Waals surface area contributed by atoms with Gasteiger partial charge in [-0.2, -0.15) is 0 Å². The molecule has 33 heavy (non-hydrogen) atoms. The third-order valence-corrected chi connectivity index (χ3v) is 7.05. The molecule has 166 valence electrons. The monoisotopic (exact) mass is 432 g/mol. The Morgan fingerprint density at radius 1 is 0.758 bits per heavy atom. The largest absolute Gasteiger partial charge is 0.339 e. The first kappa shape index (κ1) is 20.3. The summed E-state index contributed by atoms with van der Waals surface area (Å²) in [5.74, 6) is 0. The predicted molar refractivity (Wildman–Crippen MR) is 143 cm³/mol. The van der Waals surface area contributed by atoms with Crippen LogP contribution in [-0.2, 0) is 11.8 Å². The maximum atomic E-state index is 8.75. The molecular weight excluding hydrogens is 398 g/mol. The summed E-state index contributed by atoms with van der Waals surface area (Å²) in [4.78, 5) is 2.41. The number of rotatable bonds is 5. The van der Waals surface area contributed by atoms with Crippen LogP contribution in [0.3, 0.4) is 0 Å². The molecular formula is C32H33N. The van der Waals surface area contributed by atoms with Crippen LogP contribution < -0.4 is 4.90 Å². The molecule has 1 heteroatoms. The average Bonchev–Trinajstić information content (AvgIpc) is 3.06. The lowest BCUT2D eigenvalue weighted by atomic mass is 9.82. The van der Waals surface area contributed by atoms with E-state index in [1.54, 1.807) is 0 Å². The SMILES string of the molecule is [2H]C(C)c1cc2c(cc1N(c1cccc(-c3ccccc3)c1)C(C)C)C(C)(C)c1ccccc1-2. The zero-order chi connectivity index (χ0) is 24.0. The summed E-state index contributed by atoms with van der Waals surface area (Å²) in [6.45, 7) is 11.1. The van der Waals surface area contributed by atoms with Gasteiger partial charge in [0, 0.05) is 24.2 Å². The van der Waals surface area contributed by atoms with Gasteiger partial charge in [-0.1, -0.05) is 87.5 Å². The number of aryl methyl sites for hydroxylation is 1. The van der Waals surface area contributed by atoms with E-state index in [4.69, 9.17) is 1.37 Å². The Labute approximate surface area is 200 Å². The molecule has 1 atom stereocenters. The van der Waals surface area contributed by atoms with Crippen molar-refractivity contribution in [3.63, 3.8) is 0 Å². The van der Waals surface area contributed by atoms with Crippen LogP contribution in [0.4, 0.5) is 11.4 Å². The van der Waals surface area contributed by atoms with Crippen molar-refractivity contribution in [2.75, 3.05) is 4.90 Å². The van der Waals surface area contributed by atoms with E-state index in [2.05, 4.69) is 124 Å². The number of fused-ring (bicyclic) bond motifs is 3. The van der Waals surface area contributed by atoms with E-state index in [0.717, 1.165) is 16.9 Å². The van der Waals surface area contributed by atoms with Crippen LogP contribution in [0.2, 0.25) is 0 Å². The number of benzene rings is 4. The zero-order valence-corrected chi connectivity index (χ0v) is 20.3. The van der Waals surface area contributed by atoms with Gasteiger partial charge in [0.2, 0.25) is 0 Å². The first-order chi connectivity index (χ1) is 16.3. The van der Waals surface area contributed by atoms with E-state index in [-0.39, 0.29) is 17.9 Å². The maximum absolute atomic E-state index is 8.75. The van der Waals surface area contributed by atoms with Gasteiger partial charge in [0.1, 0.15) is 0 Å². The minimum absolute atomic E-state index is 0.0704. The fourth-order valence-electron chi connectivity index (χ4n) is 5.37. The Kier molecular flexibility index (Phi) is 5.06. The minimum atomic E-state index is -0.324. The van der Waals surface area contributed by atoms with Gasteiger partial charge in [-0.15, -0.1) is 0 Å². The number of hydrogen-bond acceptors (Lipinski definition) is 1. The molecule has 1 aliphatic rings. The molecule has 1 aliphatic carbocycles. The molecule has 4 aromatic rings. The Morgan fingerprint density at radius 3 is 2.18 bits per heavy atom. The second kappa shape index (κ2) is 8.23. The molecule has 0 amide bonds. The Balaban J connectivity index is 1.70. The van der Waals surface area contributed by atoms with Crippen LogP contribution in [0.15, 0.2) is 91.0 Å². The summed E-state index contributed by atoms with van der Waals surface area (Å²) in [6.07, 6.45) is -0.324. The van der Waals surface area contributed by atoms with Crippen molar-refractivity contribution >= 4 is 11.4 Å². The van der Waals surface area contributed by atoms with Crippen LogP contribution in [0.5, 0.6) is 0 Å². The van der Waals surface area contributed by atoms with Gasteiger partial charge in [0.15, 0.2) is 0 Å². The lowest BCUT2D eigenvalue weighted by Crippen LogP contribution is -2.27. The van der Waals surface area contributed by atoms with Crippen molar-refractivity contribution in [1.29, 1.82) is 0 Å². The zero-order valence-electron chi connectivity index (χ0n) is 21.3. The minimum Gasteiger partial charge on any atom is -0.339 e. The molecule has 5 rings (SSSR count). The number of hydrogen-bond donors (Lipinski definition) is 0. The molecule has 0 spiro atoms. The second-order valence-electron chi connectivity index (χ2n) is 9.80. The first-order valence-electron chi connectivity index (χ1n) is 12.5. The van der Waals surface area contributed by atoms with Crippen molar-refractivity contribution in [3.8, 4) is 22.3 Å². The van der Waals surface area contributed by atoms with E-state index >= 15 is 0 Å². The summed E-state index contributed by atoms with van der Waals surface area (Å²) >= 11 is 0. The number of anilines is 2. The third-order valence-electron chi connectivity index (χ3n) is 7.05. The maximum Gasteiger partial charge on any atom is 0.0449 e. The van der Waals surface area contributed by atoms with Crippen molar-refractivity contribution in [2.45, 2.75) is 52.5 Å². The molecule has 0 aromatic heterocycles. The molecule has 0 aliphatic heterocycles. The highest BCUT2D eigenvalue weighted by Gasteiger charge is 2.36. The van der Waals surface area contributed by atoms with Gasteiger partial charge in [-0.25, -0.2) is 0 Å². The van der Waals surface area contributed by atoms with E-state index in [1.807, 2.05) is 6.92 Å². The second-order valence-corrected chi connectivity index (χ2v) is 9.80. The molecule has 0 saturated heterocycles. The van der Waals surface area contributed by atoms with Crippen molar-refractivity contribution in [2.24, 2.45) is 0 Å². The van der Waals surface area contributed by atoms with Crippen LogP contribution in [0.25, 0.3) is 22.3 Å². The lowest BCUT2D eigenvalue weighted by Gasteiger charge is -2.33. The molecule has 0 heterocycles. The Bertz CT molecular complexity index is 1330. The average molecular weight is 433 g/mol. The summed E-state index contributed by atoms with van der Waals surface area (Å²) in [6, 6.07) is 33.0. The highest BCUT2D eigenvalue weighted by Crippen LogP contribution is 2.51. The van der Waals surface area contributed by atoms with E-state index in [1.165, 1.54) is 33.4 Å². The molecule has 0 N–H and O–H groups in total. The highest BCUT2D eigenvalue weighted by atomic mass is 15.2. The molecule has 0 saturated carbocycles. The normalized spacial score (nSPS) is 15.0. The summed E-state index contributed by atoms with van der Waals surface area (Å²) < 4.78 is 8.75. The smallest absolute Gasteiger partial charge is 0.0449 e. The summed E-state index contributed by atoms with van der Waals surface area (Å²) in [5, 5.41) is 0. The van der Waals surface area contributed by atoms with Gasteiger partial charge < -0.3 is 4.90 Å². The Morgan fingerprint density at radius 2 is 1.45 bits per heavy atom. The fourth-order valence-corrected chi connectivity index (χ4v) is 5.37. The van der Waals surface area contributed by atoms with Gasteiger partial charge in [0.05, 0.1) is 0 Å². The van der Waals surface area contributed by atoms with Gasteiger partial charge in [-0.3, -0.25) is 0 Å². The third kappa shape index (κ3) is 3.56. The van der Waals surface area contributed by atoms with Crippen LogP contribution in [-0.4, -0.2) is 6.04 Å². The van der Waals surface area contributed by atoms with Crippen LogP contribution in [0, 0.1) is 0 Å². The van der Waals surface area contributed by atoms with E-state index in [9.17, 15) is 0 Å². The van der Waals surface area contributed by atoms with Gasteiger partial charge in [-0.05, 0) is 83.5 Å². The van der Waals surface area contributed by atoms with Gasteiger partial charge >= 0.3 is 0 Å². The number of nitrogens with zero attached hydrogens (tertiary/aromatic N) is 1. The molecule has 1 nitrogen and oxygen atoms in total. The lowest BCUT2D eigenvalue weighted by molar-refractivity contribution is 0.659. The quantitative estimate of drug-likeness (QED) is 0.305. The Hall–Kier alpha value is -3.32. The van der Waals surface area contributed by atoms with E-state index < -0.39 is 0 Å². The van der Waals surface area contributed by atoms with Crippen LogP contribution in [0.1, 0.15) is 52.7 Å². The van der Waals surface area contributed by atoms with Crippen molar-refractivity contribution in [3.05, 3.63) is 108 Å². The van der Waals surface area contributed by atoms with Crippen molar-refractivity contribution < 1.29 is 1.37 Å². The predicted octanol–water partition coefficient (Wildman–Crippen LogP) is 8.77. The molecule has 0 radical (unpaired) electrons. The van der Waals surface area contributed by atoms with E-state index in [0.29, 0.717) is 0 Å². The molecule has 0 fully saturated rings. The molecule has 0 bridgehead atoms. The molecule has 4 aromatic carbocycles. The fraction of sp³-hybridized carbons (Fsp3) is 0.250. The van der Waals surface area contributed by atoms with Gasteiger partial charge in [0.25, 0.3) is 0 Å². The summed E-state index contributed by atoms with van der Waals surface area (Å²) in [7, 11) is 0. The van der Waals surface area contributed by atoms with Crippen molar-refractivity contribution in [1.82, 2.24) is 0 Å². The topological polar surface area (TPSA) is 3.24 Å². The molecule has 1 unspecified atom stereocenters. The van der Waals surface area contributed by atoms with Crippen LogP contribution >= 0.6 is 0 Å². The standard InChI is InChI=1S/C32H33N/c1-6-23-20-28-27-17-10-11-18-29(27)32(4,5)30(28)21-31(23)33(22(2)3)26-16-12-15-25(19-26)24-13-8-7-9-14-24/h7-22H,6H2,1-5H3/i6D. The first-order valence-corrected chi connectivity index (χ1v) is 11.9. The summed E-state index contributed by atoms with van der Waals surface area (Å²) in [5.41, 5.74) is 11.0. The highest BCUT2D eigenvalue weighted by molar-refractivity contribution is 5.85.